The smallest absolute Gasteiger partial charge is 0.138 e. The van der Waals surface area contributed by atoms with Crippen LogP contribution in [0.15, 0.2) is 17.0 Å². The number of benzene rings is 1. The molecule has 2 N–H and O–H groups in total. The van der Waals surface area contributed by atoms with E-state index < -0.39 is 5.54 Å². The molecule has 1 aromatic carbocycles. The Kier molecular flexibility index (Phi) is 3.45. The lowest BCUT2D eigenvalue weighted by Gasteiger charge is -2.20. The van der Waals surface area contributed by atoms with E-state index in [0.717, 1.165) is 0 Å². The highest BCUT2D eigenvalue weighted by Gasteiger charge is 2.18. The second-order valence-electron chi connectivity index (χ2n) is 3.69. The van der Waals surface area contributed by atoms with Gasteiger partial charge in [0.25, 0.3) is 0 Å². The van der Waals surface area contributed by atoms with E-state index in [-0.39, 0.29) is 5.82 Å². The van der Waals surface area contributed by atoms with Crippen LogP contribution in [0.2, 0.25) is 5.02 Å². The summed E-state index contributed by atoms with van der Waals surface area (Å²) in [5.41, 5.74) is 5.99. The Hall–Kier alpha value is -0.250. The van der Waals surface area contributed by atoms with E-state index in [1.165, 1.54) is 17.8 Å². The summed E-state index contributed by atoms with van der Waals surface area (Å²) in [6.07, 6.45) is 1.79. The zero-order valence-electron chi connectivity index (χ0n) is 8.40. The Morgan fingerprint density at radius 2 is 2.00 bits per heavy atom. The Morgan fingerprint density at radius 3 is 2.36 bits per heavy atom. The fourth-order valence-corrected chi connectivity index (χ4v) is 2.07. The summed E-state index contributed by atoms with van der Waals surface area (Å²) in [7, 11) is 0. The first-order valence-corrected chi connectivity index (χ1v) is 5.79. The third-order valence-electron chi connectivity index (χ3n) is 1.95. The summed E-state index contributed by atoms with van der Waals surface area (Å²) >= 11 is 7.22. The van der Waals surface area contributed by atoms with Crippen LogP contribution in [0.25, 0.3) is 0 Å². The molecule has 4 heteroatoms. The molecule has 0 aromatic heterocycles. The molecule has 0 amide bonds. The molecule has 0 aliphatic carbocycles. The molecule has 0 radical (unpaired) electrons. The van der Waals surface area contributed by atoms with Gasteiger partial charge in [-0.05, 0) is 37.8 Å². The zero-order valence-corrected chi connectivity index (χ0v) is 9.97. The number of halogens is 2. The van der Waals surface area contributed by atoms with Crippen molar-refractivity contribution in [2.24, 2.45) is 5.73 Å². The second-order valence-corrected chi connectivity index (χ2v) is 4.92. The Bertz CT molecular complexity index is 323. The second kappa shape index (κ2) is 4.09. The van der Waals surface area contributed by atoms with E-state index in [1.54, 1.807) is 12.3 Å². The van der Waals surface area contributed by atoms with Crippen LogP contribution in [0.3, 0.4) is 0 Å². The molecule has 0 aliphatic heterocycles. The Morgan fingerprint density at radius 1 is 1.43 bits per heavy atom. The van der Waals surface area contributed by atoms with Gasteiger partial charge in [-0.2, -0.15) is 0 Å². The van der Waals surface area contributed by atoms with E-state index in [9.17, 15) is 4.39 Å². The molecule has 0 unspecified atom stereocenters. The maximum atomic E-state index is 13.5. The lowest BCUT2D eigenvalue weighted by molar-refractivity contribution is 0.538. The molecule has 0 fully saturated rings. The van der Waals surface area contributed by atoms with Gasteiger partial charge in [0.05, 0.1) is 9.92 Å². The number of thioether (sulfide) groups is 1. The average molecular weight is 234 g/mol. The maximum absolute atomic E-state index is 13.5. The largest absolute Gasteiger partial charge is 0.322 e. The summed E-state index contributed by atoms with van der Waals surface area (Å²) in [4.78, 5) is 0.472. The fourth-order valence-electron chi connectivity index (χ4n) is 1.13. The third kappa shape index (κ3) is 2.41. The molecular weight excluding hydrogens is 221 g/mol. The van der Waals surface area contributed by atoms with E-state index in [4.69, 9.17) is 17.3 Å². The molecule has 14 heavy (non-hydrogen) atoms. The molecule has 1 rings (SSSR count). The van der Waals surface area contributed by atoms with Gasteiger partial charge in [0, 0.05) is 5.54 Å². The molecule has 1 aromatic rings. The predicted octanol–water partition coefficient (Wildman–Crippen LogP) is 3.39. The number of hydrogen-bond acceptors (Lipinski definition) is 2. The first-order valence-electron chi connectivity index (χ1n) is 4.18. The summed E-state index contributed by atoms with van der Waals surface area (Å²) in [6, 6.07) is 3.16. The van der Waals surface area contributed by atoms with E-state index >= 15 is 0 Å². The normalized spacial score (nSPS) is 11.9. The lowest BCUT2D eigenvalue weighted by Crippen LogP contribution is -2.28. The monoisotopic (exact) mass is 233 g/mol. The molecule has 78 valence electrons. The van der Waals surface area contributed by atoms with Crippen molar-refractivity contribution in [1.82, 2.24) is 0 Å². The van der Waals surface area contributed by atoms with Crippen molar-refractivity contribution < 1.29 is 4.39 Å². The summed E-state index contributed by atoms with van der Waals surface area (Å²) < 4.78 is 13.5. The summed E-state index contributed by atoms with van der Waals surface area (Å²) in [5, 5.41) is 0.422. The fraction of sp³-hybridized carbons (Fsp3) is 0.400. The molecule has 0 heterocycles. The van der Waals surface area contributed by atoms with Gasteiger partial charge in [-0.15, -0.1) is 11.8 Å². The highest BCUT2D eigenvalue weighted by Crippen LogP contribution is 2.32. The molecule has 0 saturated heterocycles. The predicted molar refractivity (Wildman–Crippen MR) is 60.4 cm³/mol. The van der Waals surface area contributed by atoms with Crippen molar-refractivity contribution in [3.8, 4) is 0 Å². The highest BCUT2D eigenvalue weighted by atomic mass is 35.5. The molecule has 0 saturated carbocycles. The standard InChI is InChI=1S/C10H13ClFNS/c1-10(2,13)6-4-7(11)9(14-3)8(12)5-6/h4-5H,13H2,1-3H3. The van der Waals surface area contributed by atoms with Crippen LogP contribution < -0.4 is 5.73 Å². The van der Waals surface area contributed by atoms with Gasteiger partial charge in [0.2, 0.25) is 0 Å². The van der Waals surface area contributed by atoms with Crippen LogP contribution in [0.4, 0.5) is 4.39 Å². The quantitative estimate of drug-likeness (QED) is 0.793. The minimum Gasteiger partial charge on any atom is -0.322 e. The first-order chi connectivity index (χ1) is 6.36. The minimum absolute atomic E-state index is 0.307. The Labute approximate surface area is 92.8 Å². The lowest BCUT2D eigenvalue weighted by atomic mass is 9.96. The zero-order chi connectivity index (χ0) is 10.9. The van der Waals surface area contributed by atoms with E-state index in [1.807, 2.05) is 13.8 Å². The molecule has 0 bridgehead atoms. The highest BCUT2D eigenvalue weighted by molar-refractivity contribution is 7.98. The molecule has 0 spiro atoms. The van der Waals surface area contributed by atoms with Gasteiger partial charge in [-0.1, -0.05) is 11.6 Å². The number of rotatable bonds is 2. The van der Waals surface area contributed by atoms with Crippen LogP contribution in [0, 0.1) is 5.82 Å². The van der Waals surface area contributed by atoms with E-state index in [0.29, 0.717) is 15.5 Å². The van der Waals surface area contributed by atoms with Crippen molar-refractivity contribution in [1.29, 1.82) is 0 Å². The summed E-state index contributed by atoms with van der Waals surface area (Å²) in [6.45, 7) is 3.63. The van der Waals surface area contributed by atoms with Crippen LogP contribution >= 0.6 is 23.4 Å². The van der Waals surface area contributed by atoms with Crippen molar-refractivity contribution in [3.63, 3.8) is 0 Å². The summed E-state index contributed by atoms with van der Waals surface area (Å²) in [5.74, 6) is -0.307. The molecular formula is C10H13ClFNS. The van der Waals surface area contributed by atoms with Crippen molar-refractivity contribution >= 4 is 23.4 Å². The topological polar surface area (TPSA) is 26.0 Å². The third-order valence-corrected chi connectivity index (χ3v) is 3.18. The minimum atomic E-state index is -0.568. The van der Waals surface area contributed by atoms with Gasteiger partial charge >= 0.3 is 0 Å². The van der Waals surface area contributed by atoms with Crippen molar-refractivity contribution in [3.05, 3.63) is 28.5 Å². The SMILES string of the molecule is CSc1c(F)cc(C(C)(C)N)cc1Cl. The van der Waals surface area contributed by atoms with Gasteiger partial charge < -0.3 is 5.73 Å². The molecule has 0 aliphatic rings. The number of nitrogens with two attached hydrogens (primary N) is 1. The first kappa shape index (κ1) is 11.8. The van der Waals surface area contributed by atoms with Crippen LogP contribution in [-0.2, 0) is 5.54 Å². The average Bonchev–Trinajstić information content (AvgIpc) is 2.01. The maximum Gasteiger partial charge on any atom is 0.138 e. The molecule has 0 atom stereocenters. The van der Waals surface area contributed by atoms with Crippen molar-refractivity contribution in [2.45, 2.75) is 24.3 Å². The van der Waals surface area contributed by atoms with Crippen LogP contribution in [-0.4, -0.2) is 6.26 Å². The van der Waals surface area contributed by atoms with Gasteiger partial charge in [0.15, 0.2) is 0 Å². The van der Waals surface area contributed by atoms with Gasteiger partial charge in [0.1, 0.15) is 5.82 Å². The Balaban J connectivity index is 3.28. The number of hydrogen-bond donors (Lipinski definition) is 1. The van der Waals surface area contributed by atoms with Crippen LogP contribution in [0.5, 0.6) is 0 Å². The molecule has 1 nitrogen and oxygen atoms in total. The van der Waals surface area contributed by atoms with Gasteiger partial charge in [-0.3, -0.25) is 0 Å². The van der Waals surface area contributed by atoms with Crippen molar-refractivity contribution in [2.75, 3.05) is 6.26 Å². The van der Waals surface area contributed by atoms with Gasteiger partial charge in [-0.25, -0.2) is 4.39 Å². The van der Waals surface area contributed by atoms with E-state index in [2.05, 4.69) is 0 Å². The van der Waals surface area contributed by atoms with Crippen LogP contribution in [0.1, 0.15) is 19.4 Å².